The molecule has 0 spiro atoms. The third-order valence-corrected chi connectivity index (χ3v) is 29.4. The van der Waals surface area contributed by atoms with Crippen LogP contribution in [0.1, 0.15) is 141 Å². The largest absolute Gasteiger partial charge is 0.496 e. The Kier molecular flexibility index (Phi) is 30.1. The molecule has 4 aromatic heterocycles. The number of methoxy groups -OCH3 is 1. The number of hydrogen-bond donors (Lipinski definition) is 6. The second-order valence-electron chi connectivity index (χ2n) is 33.3. The molecule has 29 nitrogen and oxygen atoms in total. The summed E-state index contributed by atoms with van der Waals surface area (Å²) >= 11 is 3.75. The number of carbonyl (C=O) groups excluding carboxylic acids is 5. The summed E-state index contributed by atoms with van der Waals surface area (Å²) in [5, 5.41) is 37.8. The van der Waals surface area contributed by atoms with Gasteiger partial charge in [0.1, 0.15) is 57.8 Å². The predicted octanol–water partition coefficient (Wildman–Crippen LogP) is 14.2. The van der Waals surface area contributed by atoms with E-state index in [1.54, 1.807) is 90.0 Å². The average molecular weight is 1890 g/mol. The molecular formula is C97H101F4N21O8S4. The van der Waals surface area contributed by atoms with Crippen LogP contribution in [0.4, 0.5) is 17.6 Å². The third kappa shape index (κ3) is 20.3. The standard InChI is InChI=1S/C23H30N4O3S.C20H21N5O.2C18H16F2N4OS.C18H18N4O2S/c1-2-3-18-31(29,30)25-16-10-11-17-27-21(28)23(26-22(27)24,19-12-6-4-7-13-19)20-14-8-5-9-15-20;1-20(11-18(26)24(2)19(21)23-20)16-8-9-17-15(10-16)12-22-25(17)13-14-6-4-3-5-7-14;2*1-9-16(25)24(3)17(22)23-18(9,2)15-14(20)12(8-26-15)10-4-5-13(19)11(6-10)7-21;1-18(8-16(23)22(2)17(20)21-18)15-7-12(10-25-15)13-6-11(9-19)4-5-14(13)24-3/h4-9,12-15,25H,2-3,10-11,16-18H2,1H3,(H2,24,26);3-10,12H,11,13H2,1-2H3,(H2,21,23);2*4-6,8-9H,1-3H3,(H2,22,23);4-7,10H,8H2,1-3H3,(H2,20,21)/t;20-;9-,18+;9-,18-;18-/m.0100/s1. The number of rotatable bonds is 21. The van der Waals surface area contributed by atoms with E-state index in [0.717, 1.165) is 91.4 Å². The lowest BCUT2D eigenvalue weighted by Crippen LogP contribution is -2.52. The summed E-state index contributed by atoms with van der Waals surface area (Å²) in [7, 11) is 4.68. The van der Waals surface area contributed by atoms with Crippen molar-refractivity contribution in [2.75, 3.05) is 54.1 Å². The Balaban J connectivity index is 0.000000151. The SMILES string of the molecule is CCCCS(=O)(=O)NCCCCN1C(=O)C(c2ccccc2)(c2ccccc2)N=C1N.CN1C(=O)C[C@@](C)(c2ccc3c(cnn3Cc3ccccc3)c2)N=C1N.COc1ccc(C#N)cc1-c1csc([C@]2(C)CC(=O)N(C)C(N)=N2)c1.C[C@@H]1C(=O)N(C)C(N)=N[C@]1(C)c1scc(-c2ccc(F)c(C#N)c2)c1F.C[C@H]1C(=O)N(C)C(N)=N[C@]1(C)c1scc(-c2ccc(F)c(C#N)c2)c1F. The molecule has 9 heterocycles. The van der Waals surface area contributed by atoms with E-state index < -0.39 is 72.8 Å². The maximum atomic E-state index is 15.2. The monoisotopic (exact) mass is 1890 g/mol. The number of carbonyl (C=O) groups is 5. The number of fused-ring (bicyclic) bond motifs is 1. The molecule has 0 saturated carbocycles. The van der Waals surface area contributed by atoms with Crippen molar-refractivity contribution in [2.45, 2.75) is 121 Å². The van der Waals surface area contributed by atoms with Crippen LogP contribution in [0.15, 0.2) is 217 Å². The highest BCUT2D eigenvalue weighted by Gasteiger charge is 2.52. The fourth-order valence-electron chi connectivity index (χ4n) is 15.8. The van der Waals surface area contributed by atoms with E-state index in [0.29, 0.717) is 61.2 Å². The Morgan fingerprint density at radius 1 is 0.530 bits per heavy atom. The summed E-state index contributed by atoms with van der Waals surface area (Å²) in [5.41, 5.74) is 32.8. The van der Waals surface area contributed by atoms with Crippen LogP contribution in [0.25, 0.3) is 44.3 Å². The highest BCUT2D eigenvalue weighted by Crippen LogP contribution is 2.49. The number of nitriles is 3. The molecule has 0 fully saturated rings. The van der Waals surface area contributed by atoms with Gasteiger partial charge >= 0.3 is 0 Å². The number of nitrogens with two attached hydrogens (primary N) is 5. The van der Waals surface area contributed by atoms with Crippen LogP contribution in [0.5, 0.6) is 5.75 Å². The summed E-state index contributed by atoms with van der Waals surface area (Å²) in [6, 6.07) is 55.8. The van der Waals surface area contributed by atoms with Crippen LogP contribution < -0.4 is 38.1 Å². The van der Waals surface area contributed by atoms with Gasteiger partial charge < -0.3 is 33.4 Å². The molecule has 694 valence electrons. The fourth-order valence-corrected chi connectivity index (χ4v) is 20.4. The molecule has 134 heavy (non-hydrogen) atoms. The number of nitrogens with one attached hydrogen (secondary N) is 1. The van der Waals surface area contributed by atoms with Crippen molar-refractivity contribution in [3.8, 4) is 57.3 Å². The van der Waals surface area contributed by atoms with E-state index in [1.165, 1.54) is 79.8 Å². The number of halogens is 4. The maximum absolute atomic E-state index is 15.2. The van der Waals surface area contributed by atoms with Crippen LogP contribution in [0.2, 0.25) is 0 Å². The van der Waals surface area contributed by atoms with E-state index in [-0.39, 0.29) is 104 Å². The normalized spacial score (nSPS) is 20.3. The molecule has 11 aromatic rings. The van der Waals surface area contributed by atoms with Gasteiger partial charge in [0.25, 0.3) is 5.91 Å². The maximum Gasteiger partial charge on any atom is 0.266 e. The minimum atomic E-state index is -3.23. The van der Waals surface area contributed by atoms with E-state index in [9.17, 15) is 41.2 Å². The van der Waals surface area contributed by atoms with Gasteiger partial charge in [0, 0.05) is 79.0 Å². The first kappa shape index (κ1) is 98.7. The lowest BCUT2D eigenvalue weighted by atomic mass is 9.83. The van der Waals surface area contributed by atoms with Crippen LogP contribution in [-0.2, 0) is 68.2 Å². The van der Waals surface area contributed by atoms with E-state index in [2.05, 4.69) is 59.1 Å². The van der Waals surface area contributed by atoms with Crippen molar-refractivity contribution in [3.05, 3.63) is 269 Å². The number of ether oxygens (including phenoxy) is 1. The van der Waals surface area contributed by atoms with Gasteiger partial charge in [0.05, 0.1) is 93.9 Å². The molecule has 0 aliphatic carbocycles. The fraction of sp³-hybridized carbons (Fsp3) is 0.299. The first-order chi connectivity index (χ1) is 63.6. The van der Waals surface area contributed by atoms with Gasteiger partial charge in [-0.25, -0.2) is 55.7 Å². The van der Waals surface area contributed by atoms with Crippen molar-refractivity contribution in [1.29, 1.82) is 15.8 Å². The summed E-state index contributed by atoms with van der Waals surface area (Å²) in [4.78, 5) is 93.5. The number of nitrogens with zero attached hydrogens (tertiary/aromatic N) is 15. The zero-order valence-electron chi connectivity index (χ0n) is 75.7. The van der Waals surface area contributed by atoms with Gasteiger partial charge in [-0.05, 0) is 152 Å². The number of amides is 5. The Labute approximate surface area is 786 Å². The number of hydrogen-bond acceptors (Lipinski definition) is 25. The molecule has 7 aromatic carbocycles. The molecule has 0 radical (unpaired) electrons. The number of benzene rings is 7. The first-order valence-corrected chi connectivity index (χ1v) is 46.8. The molecule has 0 unspecified atom stereocenters. The zero-order chi connectivity index (χ0) is 97.3. The molecule has 37 heteroatoms. The quantitative estimate of drug-likeness (QED) is 0.0287. The lowest BCUT2D eigenvalue weighted by molar-refractivity contribution is -0.134. The second-order valence-corrected chi connectivity index (χ2v) is 37.9. The lowest BCUT2D eigenvalue weighted by Gasteiger charge is -2.38. The number of aliphatic imine (C=N–C) groups is 5. The smallest absolute Gasteiger partial charge is 0.266 e. The summed E-state index contributed by atoms with van der Waals surface area (Å²) < 4.78 is 91.3. The highest BCUT2D eigenvalue weighted by atomic mass is 32.2. The third-order valence-electron chi connectivity index (χ3n) is 24.4. The van der Waals surface area contributed by atoms with Crippen LogP contribution in [-0.4, -0.2) is 156 Å². The highest BCUT2D eigenvalue weighted by molar-refractivity contribution is 7.89. The average Bonchev–Trinajstić information content (AvgIpc) is 1.54. The molecule has 11 N–H and O–H groups in total. The van der Waals surface area contributed by atoms with Gasteiger partial charge in [0.15, 0.2) is 35.3 Å². The number of sulfonamides is 1. The summed E-state index contributed by atoms with van der Waals surface area (Å²) in [6.45, 7) is 13.9. The van der Waals surface area contributed by atoms with E-state index in [1.807, 2.05) is 134 Å². The number of aromatic nitrogens is 2. The van der Waals surface area contributed by atoms with Gasteiger partial charge in [0.2, 0.25) is 33.7 Å². The van der Waals surface area contributed by atoms with Crippen LogP contribution >= 0.6 is 34.0 Å². The predicted molar refractivity (Wildman–Crippen MR) is 513 cm³/mol. The van der Waals surface area contributed by atoms with Gasteiger partial charge in [-0.3, -0.25) is 53.2 Å². The van der Waals surface area contributed by atoms with Gasteiger partial charge in [-0.1, -0.05) is 136 Å². The molecule has 16 rings (SSSR count). The Hall–Kier alpha value is -14.3. The van der Waals surface area contributed by atoms with Crippen molar-refractivity contribution in [2.24, 2.45) is 65.5 Å². The van der Waals surface area contributed by atoms with E-state index in [4.69, 9.17) is 49.2 Å². The van der Waals surface area contributed by atoms with Gasteiger partial charge in [-0.2, -0.15) is 20.9 Å². The first-order valence-electron chi connectivity index (χ1n) is 42.5. The van der Waals surface area contributed by atoms with Gasteiger partial charge in [-0.15, -0.1) is 34.0 Å². The molecule has 5 aliphatic heterocycles. The minimum absolute atomic E-state index is 0.0264. The van der Waals surface area contributed by atoms with Crippen molar-refractivity contribution in [1.82, 2.24) is 39.0 Å². The molecule has 0 bridgehead atoms. The Bertz CT molecular complexity index is 6550. The Morgan fingerprint density at radius 2 is 1.03 bits per heavy atom. The van der Waals surface area contributed by atoms with Crippen molar-refractivity contribution >= 4 is 114 Å². The molecular weight excluding hydrogens is 1790 g/mol. The minimum Gasteiger partial charge on any atom is -0.496 e. The van der Waals surface area contributed by atoms with Crippen LogP contribution in [0, 0.1) is 69.1 Å². The molecule has 6 atom stereocenters. The molecule has 0 saturated heterocycles. The van der Waals surface area contributed by atoms with Crippen LogP contribution in [0.3, 0.4) is 0 Å². The molecule has 5 amide bonds. The summed E-state index contributed by atoms with van der Waals surface area (Å²) in [6.07, 6.45) is 5.11. The van der Waals surface area contributed by atoms with Crippen molar-refractivity contribution < 1.29 is 54.7 Å². The van der Waals surface area contributed by atoms with Crippen molar-refractivity contribution in [3.63, 3.8) is 0 Å². The zero-order valence-corrected chi connectivity index (χ0v) is 79.0. The number of unbranched alkanes of at least 4 members (excludes halogenated alkanes) is 2. The Morgan fingerprint density at radius 3 is 1.52 bits per heavy atom. The summed E-state index contributed by atoms with van der Waals surface area (Å²) in [5.74, 6) is -2.86. The van der Waals surface area contributed by atoms with E-state index >= 15 is 8.78 Å². The molecule has 5 aliphatic rings. The number of guanidine groups is 5. The topological polar surface area (TPSA) is 438 Å². The second kappa shape index (κ2) is 40.8. The number of thiophene rings is 3.